The Kier molecular flexibility index (Phi) is 3.03. The van der Waals surface area contributed by atoms with E-state index in [4.69, 9.17) is 10.00 Å². The van der Waals surface area contributed by atoms with Crippen molar-refractivity contribution in [1.82, 2.24) is 0 Å². The summed E-state index contributed by atoms with van der Waals surface area (Å²) in [6.07, 6.45) is 4.00. The van der Waals surface area contributed by atoms with Crippen molar-refractivity contribution >= 4 is 0 Å². The molecule has 0 atom stereocenters. The first kappa shape index (κ1) is 10.2. The van der Waals surface area contributed by atoms with Crippen molar-refractivity contribution in [2.45, 2.75) is 37.9 Å². The minimum atomic E-state index is -0.504. The lowest BCUT2D eigenvalue weighted by atomic mass is 10.0. The Bertz CT molecular complexity index is 347. The summed E-state index contributed by atoms with van der Waals surface area (Å²) in [4.78, 5) is 0. The maximum absolute atomic E-state index is 9.12. The van der Waals surface area contributed by atoms with E-state index in [9.17, 15) is 0 Å². The van der Waals surface area contributed by atoms with Gasteiger partial charge in [-0.1, -0.05) is 30.3 Å². The zero-order valence-electron chi connectivity index (χ0n) is 8.78. The Hall–Kier alpha value is -1.33. The van der Waals surface area contributed by atoms with Crippen molar-refractivity contribution in [2.24, 2.45) is 0 Å². The average molecular weight is 201 g/mol. The maximum atomic E-state index is 9.12. The minimum Gasteiger partial charge on any atom is -0.355 e. The highest BCUT2D eigenvalue weighted by Gasteiger charge is 2.34. The predicted octanol–water partition coefficient (Wildman–Crippen LogP) is 3.04. The third kappa shape index (κ3) is 2.37. The molecule has 0 N–H and O–H groups in total. The molecule has 15 heavy (non-hydrogen) atoms. The van der Waals surface area contributed by atoms with E-state index < -0.39 is 5.60 Å². The number of ether oxygens (including phenoxy) is 1. The fourth-order valence-corrected chi connectivity index (χ4v) is 2.03. The van der Waals surface area contributed by atoms with Crippen molar-refractivity contribution in [3.05, 3.63) is 35.9 Å². The lowest BCUT2D eigenvalue weighted by molar-refractivity contribution is -0.00918. The molecule has 0 bridgehead atoms. The van der Waals surface area contributed by atoms with Crippen LogP contribution in [0.15, 0.2) is 30.3 Å². The first-order chi connectivity index (χ1) is 7.35. The van der Waals surface area contributed by atoms with Crippen LogP contribution in [0.1, 0.15) is 31.2 Å². The third-order valence-electron chi connectivity index (χ3n) is 2.97. The molecule has 78 valence electrons. The second-order valence-electron chi connectivity index (χ2n) is 4.09. The molecule has 1 aliphatic rings. The van der Waals surface area contributed by atoms with Crippen LogP contribution in [0.2, 0.25) is 0 Å². The molecule has 1 saturated carbocycles. The number of hydrogen-bond donors (Lipinski definition) is 0. The van der Waals surface area contributed by atoms with Crippen molar-refractivity contribution in [3.63, 3.8) is 0 Å². The van der Waals surface area contributed by atoms with Gasteiger partial charge in [-0.25, -0.2) is 0 Å². The summed E-state index contributed by atoms with van der Waals surface area (Å²) in [7, 11) is 0. The Balaban J connectivity index is 1.95. The highest BCUT2D eigenvalue weighted by atomic mass is 16.5. The fraction of sp³-hybridized carbons (Fsp3) is 0.462. The lowest BCUT2D eigenvalue weighted by Crippen LogP contribution is -2.26. The Morgan fingerprint density at radius 1 is 1.20 bits per heavy atom. The van der Waals surface area contributed by atoms with Crippen molar-refractivity contribution in [1.29, 1.82) is 5.26 Å². The van der Waals surface area contributed by atoms with Gasteiger partial charge < -0.3 is 4.74 Å². The van der Waals surface area contributed by atoms with E-state index in [1.807, 2.05) is 30.3 Å². The highest BCUT2D eigenvalue weighted by Crippen LogP contribution is 2.33. The molecule has 1 aromatic rings. The zero-order valence-corrected chi connectivity index (χ0v) is 8.78. The number of benzene rings is 1. The monoisotopic (exact) mass is 201 g/mol. The van der Waals surface area contributed by atoms with Crippen molar-refractivity contribution in [3.8, 4) is 6.07 Å². The van der Waals surface area contributed by atoms with Gasteiger partial charge in [0.25, 0.3) is 0 Å². The molecular formula is C13H15NO. The highest BCUT2D eigenvalue weighted by molar-refractivity contribution is 5.14. The smallest absolute Gasteiger partial charge is 0.154 e. The number of nitriles is 1. The first-order valence-corrected chi connectivity index (χ1v) is 5.44. The summed E-state index contributed by atoms with van der Waals surface area (Å²) in [5.41, 5.74) is 0.634. The topological polar surface area (TPSA) is 33.0 Å². The fourth-order valence-electron chi connectivity index (χ4n) is 2.03. The normalized spacial score (nSPS) is 18.6. The molecule has 0 heterocycles. The van der Waals surface area contributed by atoms with Crippen LogP contribution in [0.5, 0.6) is 0 Å². The second-order valence-corrected chi connectivity index (χ2v) is 4.09. The van der Waals surface area contributed by atoms with Gasteiger partial charge >= 0.3 is 0 Å². The minimum absolute atomic E-state index is 0.504. The molecule has 2 rings (SSSR count). The quantitative estimate of drug-likeness (QED) is 0.753. The first-order valence-electron chi connectivity index (χ1n) is 5.44. The summed E-state index contributed by atoms with van der Waals surface area (Å²) >= 11 is 0. The lowest BCUT2D eigenvalue weighted by Gasteiger charge is -2.20. The average Bonchev–Trinajstić information content (AvgIpc) is 2.77. The Morgan fingerprint density at radius 3 is 2.47 bits per heavy atom. The SMILES string of the molecule is N#CC1(OCc2ccccc2)CCCC1. The van der Waals surface area contributed by atoms with Gasteiger partial charge in [-0.3, -0.25) is 0 Å². The summed E-state index contributed by atoms with van der Waals surface area (Å²) < 4.78 is 5.76. The van der Waals surface area contributed by atoms with Gasteiger partial charge in [-0.05, 0) is 31.2 Å². The van der Waals surface area contributed by atoms with Crippen molar-refractivity contribution in [2.75, 3.05) is 0 Å². The molecule has 1 aromatic carbocycles. The van der Waals surface area contributed by atoms with Gasteiger partial charge in [0.05, 0.1) is 12.7 Å². The van der Waals surface area contributed by atoms with Gasteiger partial charge in [0.2, 0.25) is 0 Å². The van der Waals surface area contributed by atoms with Crippen LogP contribution in [-0.2, 0) is 11.3 Å². The van der Waals surface area contributed by atoms with Crippen LogP contribution in [0.4, 0.5) is 0 Å². The molecule has 0 spiro atoms. The zero-order chi connectivity index (χ0) is 10.6. The standard InChI is InChI=1S/C13H15NO/c14-11-13(8-4-5-9-13)15-10-12-6-2-1-3-7-12/h1-3,6-7H,4-5,8-10H2. The molecule has 1 fully saturated rings. The van der Waals surface area contributed by atoms with Crippen LogP contribution in [-0.4, -0.2) is 5.60 Å². The third-order valence-corrected chi connectivity index (χ3v) is 2.97. The molecule has 1 aliphatic carbocycles. The molecule has 0 amide bonds. The van der Waals surface area contributed by atoms with Crippen molar-refractivity contribution < 1.29 is 4.74 Å². The summed E-state index contributed by atoms with van der Waals surface area (Å²) in [5.74, 6) is 0. The van der Waals surface area contributed by atoms with E-state index in [0.717, 1.165) is 31.2 Å². The number of hydrogen-bond acceptors (Lipinski definition) is 2. The van der Waals surface area contributed by atoms with E-state index >= 15 is 0 Å². The molecular weight excluding hydrogens is 186 g/mol. The van der Waals surface area contributed by atoms with E-state index in [1.165, 1.54) is 0 Å². The molecule has 0 unspecified atom stereocenters. The van der Waals surface area contributed by atoms with Crippen LogP contribution in [0.25, 0.3) is 0 Å². The van der Waals surface area contributed by atoms with Gasteiger partial charge in [0.1, 0.15) is 0 Å². The molecule has 0 aliphatic heterocycles. The van der Waals surface area contributed by atoms with Crippen LogP contribution < -0.4 is 0 Å². The van der Waals surface area contributed by atoms with Gasteiger partial charge in [-0.2, -0.15) is 5.26 Å². The maximum Gasteiger partial charge on any atom is 0.154 e. The van der Waals surface area contributed by atoms with Gasteiger partial charge in [-0.15, -0.1) is 0 Å². The van der Waals surface area contributed by atoms with Gasteiger partial charge in [0, 0.05) is 0 Å². The summed E-state index contributed by atoms with van der Waals surface area (Å²) in [6, 6.07) is 12.4. The second kappa shape index (κ2) is 4.46. The molecule has 0 aromatic heterocycles. The Morgan fingerprint density at radius 2 is 1.87 bits per heavy atom. The molecule has 0 saturated heterocycles. The molecule has 2 nitrogen and oxygen atoms in total. The van der Waals surface area contributed by atoms with Crippen LogP contribution >= 0.6 is 0 Å². The van der Waals surface area contributed by atoms with Crippen LogP contribution in [0, 0.1) is 11.3 Å². The number of nitrogens with zero attached hydrogens (tertiary/aromatic N) is 1. The largest absolute Gasteiger partial charge is 0.355 e. The predicted molar refractivity (Wildman–Crippen MR) is 58.0 cm³/mol. The number of rotatable bonds is 3. The molecule has 2 heteroatoms. The Labute approximate surface area is 90.5 Å². The van der Waals surface area contributed by atoms with E-state index in [2.05, 4.69) is 6.07 Å². The summed E-state index contributed by atoms with van der Waals surface area (Å²) in [6.45, 7) is 0.550. The van der Waals surface area contributed by atoms with Gasteiger partial charge in [0.15, 0.2) is 5.60 Å². The summed E-state index contributed by atoms with van der Waals surface area (Å²) in [5, 5.41) is 9.12. The van der Waals surface area contributed by atoms with E-state index in [1.54, 1.807) is 0 Å². The van der Waals surface area contributed by atoms with E-state index in [0.29, 0.717) is 6.61 Å². The van der Waals surface area contributed by atoms with E-state index in [-0.39, 0.29) is 0 Å². The van der Waals surface area contributed by atoms with Crippen LogP contribution in [0.3, 0.4) is 0 Å². The molecule has 0 radical (unpaired) electrons.